The third kappa shape index (κ3) is 1.71. The Morgan fingerprint density at radius 1 is 1.43 bits per heavy atom. The Kier molecular flexibility index (Phi) is 2.40. The third-order valence-corrected chi connectivity index (χ3v) is 3.38. The molecule has 0 aromatic heterocycles. The van der Waals surface area contributed by atoms with Gasteiger partial charge in [-0.15, -0.1) is 0 Å². The number of ketones is 1. The number of hydrogen-bond donors (Lipinski definition) is 0. The first-order valence-corrected chi connectivity index (χ1v) is 5.34. The fourth-order valence-electron chi connectivity index (χ4n) is 2.46. The van der Waals surface area contributed by atoms with Crippen molar-refractivity contribution in [3.8, 4) is 0 Å². The van der Waals surface area contributed by atoms with Crippen LogP contribution in [-0.2, 0) is 14.3 Å². The number of rotatable bonds is 1. The summed E-state index contributed by atoms with van der Waals surface area (Å²) in [7, 11) is 0. The van der Waals surface area contributed by atoms with Crippen molar-refractivity contribution >= 4 is 5.78 Å². The Morgan fingerprint density at radius 3 is 2.57 bits per heavy atom. The molecule has 1 unspecified atom stereocenters. The molecule has 1 saturated heterocycles. The zero-order valence-electron chi connectivity index (χ0n) is 9.08. The molecule has 80 valence electrons. The highest BCUT2D eigenvalue weighted by Gasteiger charge is 2.43. The minimum absolute atomic E-state index is 0.117. The van der Waals surface area contributed by atoms with E-state index in [-0.39, 0.29) is 12.0 Å². The first-order chi connectivity index (χ1) is 6.49. The highest BCUT2D eigenvalue weighted by atomic mass is 16.7. The van der Waals surface area contributed by atoms with Crippen molar-refractivity contribution in [2.45, 2.75) is 45.5 Å². The molecule has 0 aromatic carbocycles. The molecule has 1 heterocycles. The quantitative estimate of drug-likeness (QED) is 0.644. The molecule has 3 nitrogen and oxygen atoms in total. The van der Waals surface area contributed by atoms with Crippen LogP contribution < -0.4 is 0 Å². The zero-order valence-corrected chi connectivity index (χ0v) is 9.08. The standard InChI is InChI=1S/C11H18O3/c1-7-8(4-5-9(7)12)10-6-13-11(2,3)14-10/h7-8,10H,4-6H2,1-3H3/t7-,8+,10?/m1/s1. The van der Waals surface area contributed by atoms with E-state index in [1.807, 2.05) is 20.8 Å². The second-order valence-electron chi connectivity index (χ2n) is 4.82. The van der Waals surface area contributed by atoms with E-state index in [4.69, 9.17) is 9.47 Å². The molecule has 3 heteroatoms. The average molecular weight is 198 g/mol. The van der Waals surface area contributed by atoms with E-state index >= 15 is 0 Å². The Hall–Kier alpha value is -0.410. The van der Waals surface area contributed by atoms with Crippen LogP contribution in [0.2, 0.25) is 0 Å². The lowest BCUT2D eigenvalue weighted by molar-refractivity contribution is -0.147. The Morgan fingerprint density at radius 2 is 2.14 bits per heavy atom. The number of carbonyl (C=O) groups is 1. The minimum Gasteiger partial charge on any atom is -0.348 e. The first kappa shape index (κ1) is 10.1. The van der Waals surface area contributed by atoms with E-state index in [9.17, 15) is 4.79 Å². The van der Waals surface area contributed by atoms with E-state index < -0.39 is 5.79 Å². The number of ether oxygens (including phenoxy) is 2. The molecule has 3 atom stereocenters. The Balaban J connectivity index is 2.01. The summed E-state index contributed by atoms with van der Waals surface area (Å²) in [5.74, 6) is 0.431. The van der Waals surface area contributed by atoms with Gasteiger partial charge >= 0.3 is 0 Å². The van der Waals surface area contributed by atoms with Crippen molar-refractivity contribution in [1.82, 2.24) is 0 Å². The fourth-order valence-corrected chi connectivity index (χ4v) is 2.46. The SMILES string of the molecule is C[C@H]1C(=O)CC[C@@H]1C1COC(C)(C)O1. The van der Waals surface area contributed by atoms with Crippen molar-refractivity contribution in [2.75, 3.05) is 6.61 Å². The van der Waals surface area contributed by atoms with Crippen molar-refractivity contribution < 1.29 is 14.3 Å². The molecule has 2 fully saturated rings. The maximum absolute atomic E-state index is 11.4. The maximum atomic E-state index is 11.4. The van der Waals surface area contributed by atoms with Gasteiger partial charge in [-0.25, -0.2) is 0 Å². The third-order valence-electron chi connectivity index (χ3n) is 3.38. The highest BCUT2D eigenvalue weighted by molar-refractivity contribution is 5.83. The van der Waals surface area contributed by atoms with Crippen LogP contribution in [0.25, 0.3) is 0 Å². The molecule has 1 saturated carbocycles. The fraction of sp³-hybridized carbons (Fsp3) is 0.909. The summed E-state index contributed by atoms with van der Waals surface area (Å²) in [6.07, 6.45) is 1.79. The van der Waals surface area contributed by atoms with Crippen LogP contribution in [0.4, 0.5) is 0 Å². The lowest BCUT2D eigenvalue weighted by Gasteiger charge is -2.22. The van der Waals surface area contributed by atoms with E-state index in [2.05, 4.69) is 0 Å². The highest BCUT2D eigenvalue weighted by Crippen LogP contribution is 2.37. The monoisotopic (exact) mass is 198 g/mol. The molecular formula is C11H18O3. The van der Waals surface area contributed by atoms with Crippen LogP contribution in [0.15, 0.2) is 0 Å². The van der Waals surface area contributed by atoms with Gasteiger partial charge in [0.25, 0.3) is 0 Å². The molecule has 2 rings (SSSR count). The molecule has 1 aliphatic heterocycles. The maximum Gasteiger partial charge on any atom is 0.163 e. The van der Waals surface area contributed by atoms with Gasteiger partial charge in [0.1, 0.15) is 5.78 Å². The van der Waals surface area contributed by atoms with Crippen LogP contribution in [0.3, 0.4) is 0 Å². The molecule has 0 amide bonds. The molecule has 1 aliphatic carbocycles. The van der Waals surface area contributed by atoms with E-state index in [0.717, 1.165) is 6.42 Å². The molecule has 0 spiro atoms. The van der Waals surface area contributed by atoms with Crippen molar-refractivity contribution in [3.05, 3.63) is 0 Å². The minimum atomic E-state index is -0.462. The summed E-state index contributed by atoms with van der Waals surface area (Å²) in [5.41, 5.74) is 0. The molecular weight excluding hydrogens is 180 g/mol. The van der Waals surface area contributed by atoms with E-state index in [1.165, 1.54) is 0 Å². The van der Waals surface area contributed by atoms with E-state index in [0.29, 0.717) is 24.7 Å². The largest absolute Gasteiger partial charge is 0.348 e. The van der Waals surface area contributed by atoms with Crippen LogP contribution in [0.1, 0.15) is 33.6 Å². The summed E-state index contributed by atoms with van der Waals surface area (Å²) in [6, 6.07) is 0. The molecule has 0 radical (unpaired) electrons. The van der Waals surface area contributed by atoms with Gasteiger partial charge in [0, 0.05) is 12.3 Å². The van der Waals surface area contributed by atoms with Gasteiger partial charge in [0.2, 0.25) is 0 Å². The normalized spacial score (nSPS) is 41.9. The van der Waals surface area contributed by atoms with Crippen LogP contribution in [0.5, 0.6) is 0 Å². The zero-order chi connectivity index (χ0) is 10.3. The molecule has 0 bridgehead atoms. The van der Waals surface area contributed by atoms with Crippen molar-refractivity contribution in [2.24, 2.45) is 11.8 Å². The van der Waals surface area contributed by atoms with Crippen molar-refractivity contribution in [1.29, 1.82) is 0 Å². The summed E-state index contributed by atoms with van der Waals surface area (Å²) in [4.78, 5) is 11.4. The van der Waals surface area contributed by atoms with Gasteiger partial charge in [-0.05, 0) is 26.2 Å². The number of Topliss-reactive ketones (excluding diaryl/α,β-unsaturated/α-hetero) is 1. The Bertz CT molecular complexity index is 247. The summed E-state index contributed by atoms with van der Waals surface area (Å²) in [5, 5.41) is 0. The van der Waals surface area contributed by atoms with Crippen LogP contribution in [0, 0.1) is 11.8 Å². The summed E-state index contributed by atoms with van der Waals surface area (Å²) >= 11 is 0. The molecule has 0 aromatic rings. The second-order valence-corrected chi connectivity index (χ2v) is 4.82. The molecule has 0 N–H and O–H groups in total. The number of hydrogen-bond acceptors (Lipinski definition) is 3. The summed E-state index contributed by atoms with van der Waals surface area (Å²) in [6.45, 7) is 6.49. The van der Waals surface area contributed by atoms with Gasteiger partial charge in [0.05, 0.1) is 12.7 Å². The summed E-state index contributed by atoms with van der Waals surface area (Å²) < 4.78 is 11.3. The predicted octanol–water partition coefficient (Wildman–Crippen LogP) is 1.75. The van der Waals surface area contributed by atoms with Gasteiger partial charge < -0.3 is 9.47 Å². The predicted molar refractivity (Wildman–Crippen MR) is 51.8 cm³/mol. The smallest absolute Gasteiger partial charge is 0.163 e. The van der Waals surface area contributed by atoms with Crippen molar-refractivity contribution in [3.63, 3.8) is 0 Å². The number of carbonyl (C=O) groups excluding carboxylic acids is 1. The van der Waals surface area contributed by atoms with Gasteiger partial charge in [-0.1, -0.05) is 6.92 Å². The van der Waals surface area contributed by atoms with Gasteiger partial charge in [-0.2, -0.15) is 0 Å². The molecule has 2 aliphatic rings. The van der Waals surface area contributed by atoms with Gasteiger partial charge in [-0.3, -0.25) is 4.79 Å². The van der Waals surface area contributed by atoms with Gasteiger partial charge in [0.15, 0.2) is 5.79 Å². The second kappa shape index (κ2) is 3.31. The van der Waals surface area contributed by atoms with Crippen LogP contribution >= 0.6 is 0 Å². The van der Waals surface area contributed by atoms with E-state index in [1.54, 1.807) is 0 Å². The molecule has 14 heavy (non-hydrogen) atoms. The first-order valence-electron chi connectivity index (χ1n) is 5.34. The lowest BCUT2D eigenvalue weighted by atomic mass is 9.92. The Labute approximate surface area is 84.8 Å². The topological polar surface area (TPSA) is 35.5 Å². The average Bonchev–Trinajstić information content (AvgIpc) is 2.59. The lowest BCUT2D eigenvalue weighted by Crippen LogP contribution is -2.29. The van der Waals surface area contributed by atoms with Crippen LogP contribution in [-0.4, -0.2) is 24.3 Å².